The van der Waals surface area contributed by atoms with Crippen molar-refractivity contribution >= 4 is 5.97 Å². The Morgan fingerprint density at radius 2 is 2.20 bits per heavy atom. The summed E-state index contributed by atoms with van der Waals surface area (Å²) in [6.45, 7) is 3.70. The molecule has 0 aliphatic rings. The summed E-state index contributed by atoms with van der Waals surface area (Å²) in [6, 6.07) is 1.55. The van der Waals surface area contributed by atoms with Gasteiger partial charge < -0.3 is 10.1 Å². The van der Waals surface area contributed by atoms with E-state index in [0.29, 0.717) is 5.69 Å². The Balaban J connectivity index is 2.64. The number of hydrogen-bond donors (Lipinski definition) is 3. The molecule has 0 fully saturated rings. The standard InChI is InChI=1S/C10H11N3O2/c1-5-8(6(2)13-12-5)9-7(10(14)15)3-4-11-9/h3-4,11H,1-2H3,(H,12,13)(H,14,15). The van der Waals surface area contributed by atoms with Crippen LogP contribution in [0.4, 0.5) is 0 Å². The normalized spacial score (nSPS) is 10.5. The largest absolute Gasteiger partial charge is 0.478 e. The fraction of sp³-hybridized carbons (Fsp3) is 0.200. The molecule has 15 heavy (non-hydrogen) atoms. The van der Waals surface area contributed by atoms with E-state index in [-0.39, 0.29) is 5.56 Å². The lowest BCUT2D eigenvalue weighted by Gasteiger charge is -2.00. The number of hydrogen-bond acceptors (Lipinski definition) is 2. The lowest BCUT2D eigenvalue weighted by atomic mass is 10.1. The number of nitrogens with one attached hydrogen (secondary N) is 2. The van der Waals surface area contributed by atoms with E-state index in [1.165, 1.54) is 0 Å². The lowest BCUT2D eigenvalue weighted by Crippen LogP contribution is -1.97. The van der Waals surface area contributed by atoms with Gasteiger partial charge in [0, 0.05) is 17.5 Å². The summed E-state index contributed by atoms with van der Waals surface area (Å²) in [5.41, 5.74) is 3.35. The highest BCUT2D eigenvalue weighted by atomic mass is 16.4. The molecule has 5 nitrogen and oxygen atoms in total. The van der Waals surface area contributed by atoms with Gasteiger partial charge in [-0.05, 0) is 19.9 Å². The van der Waals surface area contributed by atoms with Crippen LogP contribution in [-0.4, -0.2) is 26.3 Å². The van der Waals surface area contributed by atoms with Gasteiger partial charge >= 0.3 is 5.97 Å². The Labute approximate surface area is 86.1 Å². The second kappa shape index (κ2) is 3.27. The van der Waals surface area contributed by atoms with Crippen LogP contribution >= 0.6 is 0 Å². The minimum absolute atomic E-state index is 0.266. The van der Waals surface area contributed by atoms with E-state index in [4.69, 9.17) is 5.11 Å². The molecule has 0 saturated carbocycles. The molecular weight excluding hydrogens is 194 g/mol. The molecule has 3 N–H and O–H groups in total. The highest BCUT2D eigenvalue weighted by Crippen LogP contribution is 2.26. The monoisotopic (exact) mass is 205 g/mol. The number of aromatic carboxylic acids is 1. The van der Waals surface area contributed by atoms with Crippen molar-refractivity contribution in [3.8, 4) is 11.3 Å². The van der Waals surface area contributed by atoms with E-state index >= 15 is 0 Å². The molecule has 0 saturated heterocycles. The quantitative estimate of drug-likeness (QED) is 0.698. The molecule has 5 heteroatoms. The Kier molecular flexibility index (Phi) is 2.07. The zero-order chi connectivity index (χ0) is 11.0. The van der Waals surface area contributed by atoms with Crippen molar-refractivity contribution in [3.05, 3.63) is 29.2 Å². The van der Waals surface area contributed by atoms with E-state index in [9.17, 15) is 4.79 Å². The molecule has 2 aromatic rings. The predicted octanol–water partition coefficient (Wildman–Crippen LogP) is 1.72. The van der Waals surface area contributed by atoms with E-state index < -0.39 is 5.97 Å². The van der Waals surface area contributed by atoms with E-state index in [0.717, 1.165) is 17.0 Å². The van der Waals surface area contributed by atoms with Gasteiger partial charge in [-0.1, -0.05) is 0 Å². The maximum atomic E-state index is 11.0. The van der Waals surface area contributed by atoms with Crippen LogP contribution in [0.25, 0.3) is 11.3 Å². The second-order valence-corrected chi connectivity index (χ2v) is 3.38. The summed E-state index contributed by atoms with van der Waals surface area (Å²) in [4.78, 5) is 13.9. The molecule has 0 amide bonds. The third kappa shape index (κ3) is 1.41. The summed E-state index contributed by atoms with van der Waals surface area (Å²) in [7, 11) is 0. The first-order chi connectivity index (χ1) is 7.11. The molecule has 0 aromatic carbocycles. The minimum Gasteiger partial charge on any atom is -0.478 e. The maximum absolute atomic E-state index is 11.0. The third-order valence-electron chi connectivity index (χ3n) is 2.36. The number of aryl methyl sites for hydroxylation is 2. The number of H-pyrrole nitrogens is 2. The molecular formula is C10H11N3O2. The number of nitrogens with zero attached hydrogens (tertiary/aromatic N) is 1. The van der Waals surface area contributed by atoms with Crippen molar-refractivity contribution in [3.63, 3.8) is 0 Å². The van der Waals surface area contributed by atoms with Gasteiger partial charge in [0.05, 0.1) is 17.0 Å². The van der Waals surface area contributed by atoms with Crippen LogP contribution in [0.1, 0.15) is 21.7 Å². The van der Waals surface area contributed by atoms with Crippen LogP contribution < -0.4 is 0 Å². The molecule has 0 atom stereocenters. The predicted molar refractivity (Wildman–Crippen MR) is 54.8 cm³/mol. The molecule has 0 unspecified atom stereocenters. The molecule has 0 aliphatic carbocycles. The number of aromatic amines is 2. The molecule has 2 rings (SSSR count). The smallest absolute Gasteiger partial charge is 0.337 e. The van der Waals surface area contributed by atoms with Gasteiger partial charge in [0.1, 0.15) is 0 Å². The number of carboxylic acid groups (broad SMARTS) is 1. The summed E-state index contributed by atoms with van der Waals surface area (Å²) >= 11 is 0. The van der Waals surface area contributed by atoms with Crippen molar-refractivity contribution < 1.29 is 9.90 Å². The van der Waals surface area contributed by atoms with E-state index in [1.807, 2.05) is 13.8 Å². The first kappa shape index (κ1) is 9.51. The Hall–Kier alpha value is -2.04. The van der Waals surface area contributed by atoms with E-state index in [2.05, 4.69) is 15.2 Å². The third-order valence-corrected chi connectivity index (χ3v) is 2.36. The van der Waals surface area contributed by atoms with Crippen molar-refractivity contribution in [2.24, 2.45) is 0 Å². The van der Waals surface area contributed by atoms with Crippen LogP contribution in [0.2, 0.25) is 0 Å². The summed E-state index contributed by atoms with van der Waals surface area (Å²) in [5, 5.41) is 15.8. The first-order valence-corrected chi connectivity index (χ1v) is 4.54. The van der Waals surface area contributed by atoms with Crippen LogP contribution in [0.3, 0.4) is 0 Å². The van der Waals surface area contributed by atoms with Crippen molar-refractivity contribution in [1.29, 1.82) is 0 Å². The number of carbonyl (C=O) groups is 1. The Morgan fingerprint density at radius 3 is 2.73 bits per heavy atom. The van der Waals surface area contributed by atoms with E-state index in [1.54, 1.807) is 12.3 Å². The molecule has 2 aromatic heterocycles. The molecule has 2 heterocycles. The first-order valence-electron chi connectivity index (χ1n) is 4.54. The van der Waals surface area contributed by atoms with Gasteiger partial charge in [0.2, 0.25) is 0 Å². The van der Waals surface area contributed by atoms with Crippen LogP contribution in [0.5, 0.6) is 0 Å². The molecule has 0 aliphatic heterocycles. The van der Waals surface area contributed by atoms with Gasteiger partial charge in [0.25, 0.3) is 0 Å². The van der Waals surface area contributed by atoms with Crippen LogP contribution in [-0.2, 0) is 0 Å². The van der Waals surface area contributed by atoms with Crippen LogP contribution in [0, 0.1) is 13.8 Å². The van der Waals surface area contributed by atoms with Gasteiger partial charge in [-0.25, -0.2) is 4.79 Å². The molecule has 0 bridgehead atoms. The highest BCUT2D eigenvalue weighted by molar-refractivity contribution is 5.95. The van der Waals surface area contributed by atoms with Crippen molar-refractivity contribution in [2.75, 3.05) is 0 Å². The minimum atomic E-state index is -0.939. The molecule has 78 valence electrons. The van der Waals surface area contributed by atoms with Crippen molar-refractivity contribution in [1.82, 2.24) is 15.2 Å². The Morgan fingerprint density at radius 1 is 1.47 bits per heavy atom. The topological polar surface area (TPSA) is 81.8 Å². The fourth-order valence-corrected chi connectivity index (χ4v) is 1.67. The lowest BCUT2D eigenvalue weighted by molar-refractivity contribution is 0.0698. The molecule has 0 spiro atoms. The zero-order valence-corrected chi connectivity index (χ0v) is 8.46. The summed E-state index contributed by atoms with van der Waals surface area (Å²) in [5.74, 6) is -0.939. The number of rotatable bonds is 2. The van der Waals surface area contributed by atoms with Crippen molar-refractivity contribution in [2.45, 2.75) is 13.8 Å². The van der Waals surface area contributed by atoms with Gasteiger partial charge in [-0.15, -0.1) is 0 Å². The second-order valence-electron chi connectivity index (χ2n) is 3.38. The number of aromatic nitrogens is 3. The molecule has 0 radical (unpaired) electrons. The van der Waals surface area contributed by atoms with Crippen LogP contribution in [0.15, 0.2) is 12.3 Å². The fourth-order valence-electron chi connectivity index (χ4n) is 1.67. The Bertz CT molecular complexity index is 491. The SMILES string of the molecule is Cc1n[nH]c(C)c1-c1[nH]ccc1C(=O)O. The summed E-state index contributed by atoms with van der Waals surface area (Å²) < 4.78 is 0. The van der Waals surface area contributed by atoms with Gasteiger partial charge in [-0.3, -0.25) is 5.10 Å². The average Bonchev–Trinajstić information content (AvgIpc) is 2.73. The summed E-state index contributed by atoms with van der Waals surface area (Å²) in [6.07, 6.45) is 1.62. The maximum Gasteiger partial charge on any atom is 0.337 e. The number of carboxylic acids is 1. The average molecular weight is 205 g/mol. The van der Waals surface area contributed by atoms with Gasteiger partial charge in [-0.2, -0.15) is 5.10 Å². The van der Waals surface area contributed by atoms with Gasteiger partial charge in [0.15, 0.2) is 0 Å². The highest BCUT2D eigenvalue weighted by Gasteiger charge is 2.17. The zero-order valence-electron chi connectivity index (χ0n) is 8.46.